The molecule has 0 spiro atoms. The molecule has 122 valence electrons. The predicted octanol–water partition coefficient (Wildman–Crippen LogP) is 7.15. The van der Waals surface area contributed by atoms with Crippen molar-refractivity contribution in [3.8, 4) is 0 Å². The summed E-state index contributed by atoms with van der Waals surface area (Å²) < 4.78 is 3.58. The SMILES string of the molecule is CC1CC=CC=C1n1c2ccc(Br)cc2c2c3ccccc3ccc21. The zero-order chi connectivity index (χ0) is 17.0. The van der Waals surface area contributed by atoms with Crippen molar-refractivity contribution in [2.75, 3.05) is 0 Å². The summed E-state index contributed by atoms with van der Waals surface area (Å²) in [5.41, 5.74) is 3.95. The minimum absolute atomic E-state index is 0.513. The highest BCUT2D eigenvalue weighted by Crippen LogP contribution is 2.40. The molecule has 0 saturated carbocycles. The van der Waals surface area contributed by atoms with Crippen molar-refractivity contribution in [3.63, 3.8) is 0 Å². The lowest BCUT2D eigenvalue weighted by molar-refractivity contribution is 0.725. The first kappa shape index (κ1) is 15.0. The Labute approximate surface area is 155 Å². The Morgan fingerprint density at radius 1 is 0.960 bits per heavy atom. The summed E-state index contributed by atoms with van der Waals surface area (Å²) in [4.78, 5) is 0. The molecule has 2 heteroatoms. The van der Waals surface area contributed by atoms with E-state index in [1.54, 1.807) is 0 Å². The highest BCUT2D eigenvalue weighted by molar-refractivity contribution is 9.10. The van der Waals surface area contributed by atoms with Gasteiger partial charge in [0.25, 0.3) is 0 Å². The first-order valence-corrected chi connectivity index (χ1v) is 9.52. The Morgan fingerprint density at radius 3 is 2.68 bits per heavy atom. The number of allylic oxidation sites excluding steroid dienone is 4. The van der Waals surface area contributed by atoms with Crippen LogP contribution < -0.4 is 0 Å². The second-order valence-electron chi connectivity index (χ2n) is 6.83. The quantitative estimate of drug-likeness (QED) is 0.326. The fourth-order valence-corrected chi connectivity index (χ4v) is 4.43. The van der Waals surface area contributed by atoms with Gasteiger partial charge >= 0.3 is 0 Å². The van der Waals surface area contributed by atoms with Crippen LogP contribution in [0.15, 0.2) is 77.3 Å². The fraction of sp³-hybridized carbons (Fsp3) is 0.130. The van der Waals surface area contributed by atoms with E-state index in [-0.39, 0.29) is 0 Å². The van der Waals surface area contributed by atoms with Gasteiger partial charge in [-0.25, -0.2) is 0 Å². The van der Waals surface area contributed by atoms with Crippen LogP contribution in [0.25, 0.3) is 38.3 Å². The smallest absolute Gasteiger partial charge is 0.0544 e. The largest absolute Gasteiger partial charge is 0.313 e. The maximum Gasteiger partial charge on any atom is 0.0544 e. The molecule has 0 radical (unpaired) electrons. The van der Waals surface area contributed by atoms with Crippen LogP contribution in [0.3, 0.4) is 0 Å². The first-order chi connectivity index (χ1) is 12.2. The molecule has 0 N–H and O–H groups in total. The molecule has 0 aliphatic heterocycles. The van der Waals surface area contributed by atoms with Crippen LogP contribution in [-0.2, 0) is 0 Å². The molecular weight excluding hydrogens is 370 g/mol. The van der Waals surface area contributed by atoms with E-state index >= 15 is 0 Å². The summed E-state index contributed by atoms with van der Waals surface area (Å²) >= 11 is 3.66. The van der Waals surface area contributed by atoms with E-state index < -0.39 is 0 Å². The van der Waals surface area contributed by atoms with Gasteiger partial charge in [0.2, 0.25) is 0 Å². The third-order valence-electron chi connectivity index (χ3n) is 5.27. The maximum absolute atomic E-state index is 3.66. The van der Waals surface area contributed by atoms with Gasteiger partial charge < -0.3 is 4.57 Å². The molecule has 1 heterocycles. The lowest BCUT2D eigenvalue weighted by Crippen LogP contribution is -2.07. The summed E-state index contributed by atoms with van der Waals surface area (Å²) in [5.74, 6) is 0.513. The van der Waals surface area contributed by atoms with Gasteiger partial charge in [0.1, 0.15) is 0 Å². The number of rotatable bonds is 1. The Balaban J connectivity index is 2.02. The lowest BCUT2D eigenvalue weighted by Gasteiger charge is -2.20. The molecule has 0 saturated heterocycles. The van der Waals surface area contributed by atoms with Crippen molar-refractivity contribution >= 4 is 54.2 Å². The van der Waals surface area contributed by atoms with Crippen LogP contribution in [0, 0.1) is 5.92 Å². The molecule has 4 aromatic rings. The van der Waals surface area contributed by atoms with Crippen LogP contribution in [0.2, 0.25) is 0 Å². The Kier molecular flexibility index (Phi) is 3.36. The summed E-state index contributed by atoms with van der Waals surface area (Å²) in [6.45, 7) is 2.31. The van der Waals surface area contributed by atoms with Gasteiger partial charge in [-0.15, -0.1) is 0 Å². The van der Waals surface area contributed by atoms with Gasteiger partial charge in [-0.05, 0) is 47.5 Å². The third-order valence-corrected chi connectivity index (χ3v) is 5.77. The van der Waals surface area contributed by atoms with Gasteiger partial charge in [-0.3, -0.25) is 0 Å². The molecule has 3 aromatic carbocycles. The molecule has 1 aliphatic rings. The summed E-state index contributed by atoms with van der Waals surface area (Å²) in [5, 5.41) is 5.27. The van der Waals surface area contributed by atoms with Crippen molar-refractivity contribution < 1.29 is 0 Å². The van der Waals surface area contributed by atoms with Gasteiger partial charge in [0.05, 0.1) is 11.0 Å². The molecule has 1 nitrogen and oxygen atoms in total. The lowest BCUT2D eigenvalue weighted by atomic mass is 9.98. The molecule has 1 aromatic heterocycles. The number of nitrogens with zero attached hydrogens (tertiary/aromatic N) is 1. The number of hydrogen-bond acceptors (Lipinski definition) is 0. The second-order valence-corrected chi connectivity index (χ2v) is 7.75. The second kappa shape index (κ2) is 5.60. The van der Waals surface area contributed by atoms with E-state index in [1.807, 2.05) is 0 Å². The summed E-state index contributed by atoms with van der Waals surface area (Å²) in [7, 11) is 0. The maximum atomic E-state index is 3.66. The molecule has 0 amide bonds. The van der Waals surface area contributed by atoms with E-state index in [9.17, 15) is 0 Å². The van der Waals surface area contributed by atoms with E-state index in [0.29, 0.717) is 5.92 Å². The Hall–Kier alpha value is -2.32. The summed E-state index contributed by atoms with van der Waals surface area (Å²) in [6, 6.07) is 19.8. The van der Waals surface area contributed by atoms with Crippen molar-refractivity contribution in [1.29, 1.82) is 0 Å². The van der Waals surface area contributed by atoms with Crippen LogP contribution in [0.4, 0.5) is 0 Å². The molecule has 0 fully saturated rings. The molecule has 25 heavy (non-hydrogen) atoms. The topological polar surface area (TPSA) is 4.93 Å². The van der Waals surface area contributed by atoms with E-state index in [4.69, 9.17) is 0 Å². The van der Waals surface area contributed by atoms with Crippen LogP contribution >= 0.6 is 15.9 Å². The van der Waals surface area contributed by atoms with Crippen molar-refractivity contribution in [2.24, 2.45) is 5.92 Å². The van der Waals surface area contributed by atoms with Crippen LogP contribution in [0.1, 0.15) is 13.3 Å². The minimum Gasteiger partial charge on any atom is -0.313 e. The molecule has 1 aliphatic carbocycles. The molecule has 5 rings (SSSR count). The number of aromatic nitrogens is 1. The van der Waals surface area contributed by atoms with Crippen molar-refractivity contribution in [1.82, 2.24) is 4.57 Å². The van der Waals surface area contributed by atoms with Gasteiger partial charge in [0, 0.05) is 26.9 Å². The highest BCUT2D eigenvalue weighted by Gasteiger charge is 2.19. The zero-order valence-electron chi connectivity index (χ0n) is 14.0. The third kappa shape index (κ3) is 2.21. The number of hydrogen-bond donors (Lipinski definition) is 0. The Bertz CT molecular complexity index is 1190. The highest BCUT2D eigenvalue weighted by atomic mass is 79.9. The van der Waals surface area contributed by atoms with E-state index in [0.717, 1.165) is 10.9 Å². The van der Waals surface area contributed by atoms with Crippen LogP contribution in [-0.4, -0.2) is 4.57 Å². The van der Waals surface area contributed by atoms with Crippen molar-refractivity contribution in [3.05, 3.63) is 77.3 Å². The molecular formula is C23H18BrN. The normalized spacial score (nSPS) is 17.5. The standard InChI is InChI=1S/C23H18BrN/c1-15-6-2-5-9-20(15)25-21-13-11-17(24)14-19(21)23-18-8-4-3-7-16(18)10-12-22(23)25/h2-5,7-15H,6H2,1H3. The van der Waals surface area contributed by atoms with E-state index in [2.05, 4.69) is 100 Å². The Morgan fingerprint density at radius 2 is 1.80 bits per heavy atom. The number of fused-ring (bicyclic) bond motifs is 5. The van der Waals surface area contributed by atoms with Crippen LogP contribution in [0.5, 0.6) is 0 Å². The average Bonchev–Trinajstić information content (AvgIpc) is 2.96. The number of benzene rings is 3. The fourth-order valence-electron chi connectivity index (χ4n) is 4.07. The first-order valence-electron chi connectivity index (χ1n) is 8.72. The van der Waals surface area contributed by atoms with Crippen molar-refractivity contribution in [2.45, 2.75) is 13.3 Å². The monoisotopic (exact) mass is 387 g/mol. The van der Waals surface area contributed by atoms with Gasteiger partial charge in [-0.1, -0.05) is 65.3 Å². The number of halogens is 1. The zero-order valence-corrected chi connectivity index (χ0v) is 15.6. The summed E-state index contributed by atoms with van der Waals surface area (Å²) in [6.07, 6.45) is 7.81. The molecule has 1 unspecified atom stereocenters. The van der Waals surface area contributed by atoms with Gasteiger partial charge in [0.15, 0.2) is 0 Å². The van der Waals surface area contributed by atoms with E-state index in [1.165, 1.54) is 38.3 Å². The van der Waals surface area contributed by atoms with Gasteiger partial charge in [-0.2, -0.15) is 0 Å². The molecule has 0 bridgehead atoms. The molecule has 1 atom stereocenters. The average molecular weight is 388 g/mol. The minimum atomic E-state index is 0.513. The predicted molar refractivity (Wildman–Crippen MR) is 112 cm³/mol.